The first kappa shape index (κ1) is 20.4. The van der Waals surface area contributed by atoms with Crippen LogP contribution >= 0.6 is 0 Å². The van der Waals surface area contributed by atoms with Crippen LogP contribution in [0.4, 0.5) is 0 Å². The summed E-state index contributed by atoms with van der Waals surface area (Å²) in [5, 5.41) is 0.239. The Morgan fingerprint density at radius 1 is 0.957 bits per heavy atom. The van der Waals surface area contributed by atoms with Crippen LogP contribution in [0.1, 0.15) is 38.8 Å². The molecule has 0 aliphatic carbocycles. The molecule has 4 heteroatoms. The molecule has 1 rings (SSSR count). The molecule has 0 aromatic heterocycles. The van der Waals surface area contributed by atoms with E-state index in [1.165, 1.54) is 5.56 Å². The summed E-state index contributed by atoms with van der Waals surface area (Å²) in [6.45, 7) is 18.9. The van der Waals surface area contributed by atoms with Gasteiger partial charge in [-0.15, -0.1) is 0 Å². The van der Waals surface area contributed by atoms with Crippen molar-refractivity contribution >= 4 is 8.32 Å². The summed E-state index contributed by atoms with van der Waals surface area (Å²) in [6.07, 6.45) is 0. The molecule has 23 heavy (non-hydrogen) atoms. The third-order valence-electron chi connectivity index (χ3n) is 4.60. The van der Waals surface area contributed by atoms with Crippen LogP contribution in [0.15, 0.2) is 24.3 Å². The maximum atomic E-state index is 6.24. The molecule has 1 aromatic rings. The highest BCUT2D eigenvalue weighted by molar-refractivity contribution is 6.74. The van der Waals surface area contributed by atoms with Gasteiger partial charge in [-0.1, -0.05) is 45.0 Å². The van der Waals surface area contributed by atoms with E-state index in [0.29, 0.717) is 19.8 Å². The third-order valence-corrected chi connectivity index (χ3v) is 9.08. The molecular weight excluding hydrogens is 304 g/mol. The summed E-state index contributed by atoms with van der Waals surface area (Å²) in [7, 11) is -0.0467. The van der Waals surface area contributed by atoms with Crippen LogP contribution in [0.2, 0.25) is 18.1 Å². The number of hydrogen-bond donors (Lipinski definition) is 0. The van der Waals surface area contributed by atoms with Gasteiger partial charge in [0, 0.05) is 7.11 Å². The normalized spacial score (nSPS) is 13.4. The predicted molar refractivity (Wildman–Crippen MR) is 98.9 cm³/mol. The highest BCUT2D eigenvalue weighted by Gasteiger charge is 2.36. The van der Waals surface area contributed by atoms with Crippen molar-refractivity contribution < 1.29 is 13.9 Å². The second-order valence-electron chi connectivity index (χ2n) is 8.01. The summed E-state index contributed by atoms with van der Waals surface area (Å²) in [5.74, 6) is 0. The Bertz CT molecular complexity index is 472. The second kappa shape index (κ2) is 7.93. The van der Waals surface area contributed by atoms with Crippen molar-refractivity contribution in [2.45, 2.75) is 64.6 Å². The summed E-state index contributed by atoms with van der Waals surface area (Å²) in [6, 6.07) is 8.42. The molecule has 0 aliphatic rings. The first-order chi connectivity index (χ1) is 10.5. The Morgan fingerprint density at radius 2 is 1.43 bits per heavy atom. The van der Waals surface area contributed by atoms with E-state index in [4.69, 9.17) is 13.9 Å². The number of methoxy groups -OCH3 is 1. The van der Waals surface area contributed by atoms with Gasteiger partial charge in [-0.2, -0.15) is 0 Å². The molecule has 0 saturated heterocycles. The van der Waals surface area contributed by atoms with E-state index in [1.807, 2.05) is 6.92 Å². The first-order valence-corrected chi connectivity index (χ1v) is 11.1. The summed E-state index contributed by atoms with van der Waals surface area (Å²) < 4.78 is 17.1. The molecule has 0 bridgehead atoms. The van der Waals surface area contributed by atoms with Crippen molar-refractivity contribution in [2.24, 2.45) is 0 Å². The quantitative estimate of drug-likeness (QED) is 0.627. The fourth-order valence-corrected chi connectivity index (χ4v) is 2.62. The molecule has 3 nitrogen and oxygen atoms in total. The van der Waals surface area contributed by atoms with Crippen molar-refractivity contribution in [1.29, 1.82) is 0 Å². The largest absolute Gasteiger partial charge is 0.413 e. The van der Waals surface area contributed by atoms with Crippen LogP contribution in [0.3, 0.4) is 0 Å². The van der Waals surface area contributed by atoms with Gasteiger partial charge in [-0.05, 0) is 43.1 Å². The number of hydrogen-bond acceptors (Lipinski definition) is 3. The minimum atomic E-state index is -1.69. The molecule has 0 amide bonds. The Labute approximate surface area is 143 Å². The molecule has 0 spiro atoms. The first-order valence-electron chi connectivity index (χ1n) is 8.17. The molecule has 1 atom stereocenters. The molecule has 1 unspecified atom stereocenters. The molecule has 0 heterocycles. The lowest BCUT2D eigenvalue weighted by Gasteiger charge is -2.36. The van der Waals surface area contributed by atoms with Crippen LogP contribution < -0.4 is 0 Å². The fraction of sp³-hybridized carbons (Fsp3) is 0.632. The van der Waals surface area contributed by atoms with Gasteiger partial charge in [0.2, 0.25) is 0 Å². The average molecular weight is 338 g/mol. The van der Waals surface area contributed by atoms with Gasteiger partial charge in [0.25, 0.3) is 0 Å². The van der Waals surface area contributed by atoms with Gasteiger partial charge in [0.05, 0.1) is 25.4 Å². The van der Waals surface area contributed by atoms with Gasteiger partial charge in [-0.25, -0.2) is 0 Å². The predicted octanol–water partition coefficient (Wildman–Crippen LogP) is 4.96. The summed E-state index contributed by atoms with van der Waals surface area (Å²) >= 11 is 0. The van der Waals surface area contributed by atoms with Crippen molar-refractivity contribution in [2.75, 3.05) is 13.7 Å². The highest BCUT2D eigenvalue weighted by Crippen LogP contribution is 2.37. The lowest BCUT2D eigenvalue weighted by Crippen LogP contribution is -2.40. The van der Waals surface area contributed by atoms with Gasteiger partial charge in [0.15, 0.2) is 8.32 Å². The number of rotatable bonds is 8. The minimum Gasteiger partial charge on any atom is -0.413 e. The van der Waals surface area contributed by atoms with Crippen molar-refractivity contribution in [3.63, 3.8) is 0 Å². The fourth-order valence-electron chi connectivity index (χ4n) is 1.66. The Morgan fingerprint density at radius 3 is 1.87 bits per heavy atom. The minimum absolute atomic E-state index is 0.239. The Balaban J connectivity index is 2.48. The van der Waals surface area contributed by atoms with Crippen molar-refractivity contribution in [3.05, 3.63) is 42.3 Å². The average Bonchev–Trinajstić information content (AvgIpc) is 2.45. The van der Waals surface area contributed by atoms with Crippen LogP contribution in [-0.4, -0.2) is 27.6 Å². The van der Waals surface area contributed by atoms with Crippen LogP contribution in [-0.2, 0) is 27.1 Å². The zero-order valence-corrected chi connectivity index (χ0v) is 16.9. The van der Waals surface area contributed by atoms with E-state index in [2.05, 4.69) is 65.1 Å². The van der Waals surface area contributed by atoms with Gasteiger partial charge in [-0.3, -0.25) is 0 Å². The van der Waals surface area contributed by atoms with Gasteiger partial charge in [0.1, 0.15) is 0 Å². The van der Waals surface area contributed by atoms with E-state index >= 15 is 0 Å². The van der Waals surface area contributed by atoms with Crippen molar-refractivity contribution in [3.8, 4) is 0 Å². The zero-order chi connectivity index (χ0) is 17.7. The molecule has 0 N–H and O–H groups in total. The van der Waals surface area contributed by atoms with E-state index < -0.39 is 13.9 Å². The highest BCUT2D eigenvalue weighted by atomic mass is 28.4. The van der Waals surface area contributed by atoms with Gasteiger partial charge >= 0.3 is 0 Å². The molecule has 1 aromatic carbocycles. The smallest absolute Gasteiger partial charge is 0.192 e. The lowest BCUT2D eigenvalue weighted by atomic mass is 10.1. The van der Waals surface area contributed by atoms with Gasteiger partial charge < -0.3 is 13.9 Å². The Hall–Kier alpha value is -0.683. The molecule has 131 valence electrons. The standard InChI is InChI=1S/C19H33O3Si/c1-18(2,3)23(7,8)22-14-17-11-9-16(10-12-17)13-21-15-19(4,5)20-6/h9-12H,4,13-15H2,1-3,5-8H3. The zero-order valence-electron chi connectivity index (χ0n) is 15.9. The summed E-state index contributed by atoms with van der Waals surface area (Å²) in [5.41, 5.74) is 1.86. The number of benzene rings is 1. The molecule has 0 aliphatic heterocycles. The molecule has 0 fully saturated rings. The molecule has 0 saturated carbocycles. The molecule has 1 radical (unpaired) electrons. The monoisotopic (exact) mass is 337 g/mol. The SMILES string of the molecule is [CH2]C(C)(COCc1ccc(CO[Si](C)(C)C(C)(C)C)cc1)OC. The lowest BCUT2D eigenvalue weighted by molar-refractivity contribution is -0.0385. The van der Waals surface area contributed by atoms with Crippen LogP contribution in [0.5, 0.6) is 0 Å². The Kier molecular flexibility index (Phi) is 7.02. The van der Waals surface area contributed by atoms with E-state index in [-0.39, 0.29) is 5.04 Å². The molecular formula is C19H33O3Si. The van der Waals surface area contributed by atoms with E-state index in [0.717, 1.165) is 5.56 Å². The maximum absolute atomic E-state index is 6.24. The van der Waals surface area contributed by atoms with Crippen LogP contribution in [0, 0.1) is 6.92 Å². The van der Waals surface area contributed by atoms with E-state index in [9.17, 15) is 0 Å². The summed E-state index contributed by atoms with van der Waals surface area (Å²) in [4.78, 5) is 0. The second-order valence-corrected chi connectivity index (χ2v) is 12.8. The third kappa shape index (κ3) is 6.75. The topological polar surface area (TPSA) is 27.7 Å². The van der Waals surface area contributed by atoms with E-state index in [1.54, 1.807) is 7.11 Å². The van der Waals surface area contributed by atoms with Crippen LogP contribution in [0.25, 0.3) is 0 Å². The number of ether oxygens (including phenoxy) is 2. The van der Waals surface area contributed by atoms with Crippen molar-refractivity contribution in [1.82, 2.24) is 0 Å². The maximum Gasteiger partial charge on any atom is 0.192 e.